The molecule has 0 fully saturated rings. The number of hydrogen-bond donors (Lipinski definition) is 1. The first-order valence-corrected chi connectivity index (χ1v) is 10.8. The molecule has 0 heterocycles. The number of sulfonamides is 1. The molecule has 6 nitrogen and oxygen atoms in total. The third-order valence-corrected chi connectivity index (χ3v) is 6.25. The molecule has 0 radical (unpaired) electrons. The van der Waals surface area contributed by atoms with Crippen LogP contribution in [0.4, 0.5) is 0 Å². The minimum absolute atomic E-state index is 0.154. The van der Waals surface area contributed by atoms with Crippen LogP contribution in [0.25, 0.3) is 0 Å². The zero-order valence-corrected chi connectivity index (χ0v) is 17.7. The lowest BCUT2D eigenvalue weighted by molar-refractivity contribution is -0.121. The normalized spacial score (nSPS) is 11.5. The first-order chi connectivity index (χ1) is 13.3. The summed E-state index contributed by atoms with van der Waals surface area (Å²) in [4.78, 5) is 12.5. The van der Waals surface area contributed by atoms with Crippen molar-refractivity contribution in [1.82, 2.24) is 9.62 Å². The lowest BCUT2D eigenvalue weighted by Crippen LogP contribution is -2.40. The first-order valence-electron chi connectivity index (χ1n) is 9.33. The molecule has 0 aliphatic rings. The van der Waals surface area contributed by atoms with Crippen LogP contribution < -0.4 is 10.1 Å². The number of nitrogens with zero attached hydrogens (tertiary/aromatic N) is 1. The zero-order chi connectivity index (χ0) is 20.7. The average Bonchev–Trinajstić information content (AvgIpc) is 2.66. The first kappa shape index (κ1) is 21.9. The summed E-state index contributed by atoms with van der Waals surface area (Å²) in [5.74, 6) is 0.315. The van der Waals surface area contributed by atoms with Crippen molar-refractivity contribution in [2.45, 2.75) is 39.1 Å². The Morgan fingerprint density at radius 1 is 1.11 bits per heavy atom. The van der Waals surface area contributed by atoms with Crippen LogP contribution >= 0.6 is 0 Å². The Labute approximate surface area is 167 Å². The summed E-state index contributed by atoms with van der Waals surface area (Å²) in [7, 11) is -3.77. The minimum atomic E-state index is -3.77. The molecule has 0 spiro atoms. The third kappa shape index (κ3) is 5.56. The van der Waals surface area contributed by atoms with Crippen LogP contribution in [0.15, 0.2) is 47.4 Å². The zero-order valence-electron chi connectivity index (χ0n) is 16.9. The summed E-state index contributed by atoms with van der Waals surface area (Å²) >= 11 is 0. The molecule has 0 aliphatic carbocycles. The Morgan fingerprint density at radius 3 is 2.46 bits per heavy atom. The Bertz CT molecular complexity index is 926. The standard InChI is InChI=1S/C21H28N2O4S/c1-5-23(15-21(24)22-14-18-9-7-8-16(3)12-18)28(25,26)19-10-11-20(27-6-2)17(4)13-19/h7-13H,5-6,14-15H2,1-4H3,(H,22,24). The van der Waals surface area contributed by atoms with Crippen molar-refractivity contribution in [2.24, 2.45) is 0 Å². The third-order valence-electron chi connectivity index (χ3n) is 4.33. The lowest BCUT2D eigenvalue weighted by atomic mass is 10.1. The van der Waals surface area contributed by atoms with Gasteiger partial charge in [-0.1, -0.05) is 36.8 Å². The van der Waals surface area contributed by atoms with Crippen LogP contribution in [-0.4, -0.2) is 38.3 Å². The summed E-state index contributed by atoms with van der Waals surface area (Å²) in [5.41, 5.74) is 2.82. The second-order valence-corrected chi connectivity index (χ2v) is 8.50. The van der Waals surface area contributed by atoms with Crippen molar-refractivity contribution in [3.8, 4) is 5.75 Å². The van der Waals surface area contributed by atoms with Crippen LogP contribution in [0, 0.1) is 13.8 Å². The van der Waals surface area contributed by atoms with Gasteiger partial charge in [0.05, 0.1) is 18.0 Å². The maximum atomic E-state index is 12.9. The number of rotatable bonds is 9. The van der Waals surface area contributed by atoms with Gasteiger partial charge in [-0.3, -0.25) is 4.79 Å². The van der Waals surface area contributed by atoms with Gasteiger partial charge in [0.1, 0.15) is 5.75 Å². The number of hydrogen-bond acceptors (Lipinski definition) is 4. The number of nitrogens with one attached hydrogen (secondary N) is 1. The number of carbonyl (C=O) groups is 1. The second-order valence-electron chi connectivity index (χ2n) is 6.56. The van der Waals surface area contributed by atoms with Crippen molar-refractivity contribution >= 4 is 15.9 Å². The lowest BCUT2D eigenvalue weighted by Gasteiger charge is -2.21. The highest BCUT2D eigenvalue weighted by atomic mass is 32.2. The maximum Gasteiger partial charge on any atom is 0.243 e. The van der Waals surface area contributed by atoms with Gasteiger partial charge in [-0.15, -0.1) is 0 Å². The van der Waals surface area contributed by atoms with Crippen LogP contribution in [0.2, 0.25) is 0 Å². The Balaban J connectivity index is 2.08. The van der Waals surface area contributed by atoms with Crippen LogP contribution in [-0.2, 0) is 21.4 Å². The van der Waals surface area contributed by atoms with E-state index in [1.165, 1.54) is 10.4 Å². The van der Waals surface area contributed by atoms with E-state index in [1.54, 1.807) is 26.0 Å². The van der Waals surface area contributed by atoms with E-state index in [-0.39, 0.29) is 23.9 Å². The van der Waals surface area contributed by atoms with Crippen LogP contribution in [0.3, 0.4) is 0 Å². The smallest absolute Gasteiger partial charge is 0.243 e. The molecule has 2 aromatic rings. The minimum Gasteiger partial charge on any atom is -0.494 e. The van der Waals surface area contributed by atoms with Gasteiger partial charge in [-0.05, 0) is 50.1 Å². The molecule has 7 heteroatoms. The van der Waals surface area contributed by atoms with E-state index < -0.39 is 10.0 Å². The topological polar surface area (TPSA) is 75.7 Å². The van der Waals surface area contributed by atoms with E-state index in [4.69, 9.17) is 4.74 Å². The van der Waals surface area contributed by atoms with Gasteiger partial charge in [-0.2, -0.15) is 4.31 Å². The number of amides is 1. The Morgan fingerprint density at radius 2 is 1.86 bits per heavy atom. The fourth-order valence-corrected chi connectivity index (χ4v) is 4.35. The number of benzene rings is 2. The van der Waals surface area contributed by atoms with E-state index in [9.17, 15) is 13.2 Å². The molecule has 0 atom stereocenters. The molecule has 0 aromatic heterocycles. The molecule has 0 saturated carbocycles. The fraction of sp³-hybridized carbons (Fsp3) is 0.381. The number of carbonyl (C=O) groups excluding carboxylic acids is 1. The predicted molar refractivity (Wildman–Crippen MR) is 110 cm³/mol. The van der Waals surface area contributed by atoms with Crippen molar-refractivity contribution in [2.75, 3.05) is 19.7 Å². The summed E-state index contributed by atoms with van der Waals surface area (Å²) in [6.45, 7) is 8.22. The van der Waals surface area contributed by atoms with E-state index in [1.807, 2.05) is 38.1 Å². The molecule has 2 rings (SSSR count). The van der Waals surface area contributed by atoms with Gasteiger partial charge in [0.15, 0.2) is 0 Å². The van der Waals surface area contributed by atoms with Gasteiger partial charge in [0, 0.05) is 13.1 Å². The van der Waals surface area contributed by atoms with Crippen LogP contribution in [0.1, 0.15) is 30.5 Å². The average molecular weight is 405 g/mol. The number of likely N-dealkylation sites (N-methyl/N-ethyl adjacent to an activating group) is 1. The summed E-state index contributed by atoms with van der Waals surface area (Å²) in [5, 5.41) is 2.79. The fourth-order valence-electron chi connectivity index (χ4n) is 2.85. The van der Waals surface area contributed by atoms with Crippen molar-refractivity contribution in [1.29, 1.82) is 0 Å². The van der Waals surface area contributed by atoms with E-state index >= 15 is 0 Å². The maximum absolute atomic E-state index is 12.9. The van der Waals surface area contributed by atoms with Crippen molar-refractivity contribution in [3.63, 3.8) is 0 Å². The van der Waals surface area contributed by atoms with E-state index in [0.717, 1.165) is 16.7 Å². The second kappa shape index (κ2) is 9.71. The number of aryl methyl sites for hydroxylation is 2. The predicted octanol–water partition coefficient (Wildman–Crippen LogP) is 3.03. The summed E-state index contributed by atoms with van der Waals surface area (Å²) < 4.78 is 32.5. The molecule has 1 N–H and O–H groups in total. The molecule has 0 saturated heterocycles. The highest BCUT2D eigenvalue weighted by molar-refractivity contribution is 7.89. The SMILES string of the molecule is CCOc1ccc(S(=O)(=O)N(CC)CC(=O)NCc2cccc(C)c2)cc1C. The highest BCUT2D eigenvalue weighted by Gasteiger charge is 2.25. The van der Waals surface area contributed by atoms with Gasteiger partial charge >= 0.3 is 0 Å². The van der Waals surface area contributed by atoms with Crippen LogP contribution in [0.5, 0.6) is 5.75 Å². The van der Waals surface area contributed by atoms with Gasteiger partial charge in [0.2, 0.25) is 15.9 Å². The Kier molecular flexibility index (Phi) is 7.60. The molecule has 1 amide bonds. The molecular weight excluding hydrogens is 376 g/mol. The molecule has 0 aliphatic heterocycles. The summed E-state index contributed by atoms with van der Waals surface area (Å²) in [6.07, 6.45) is 0. The number of ether oxygens (including phenoxy) is 1. The molecule has 0 bridgehead atoms. The van der Waals surface area contributed by atoms with E-state index in [2.05, 4.69) is 5.32 Å². The highest BCUT2D eigenvalue weighted by Crippen LogP contribution is 2.24. The van der Waals surface area contributed by atoms with Gasteiger partial charge in [0.25, 0.3) is 0 Å². The van der Waals surface area contributed by atoms with Crippen molar-refractivity contribution < 1.29 is 17.9 Å². The van der Waals surface area contributed by atoms with Crippen molar-refractivity contribution in [3.05, 3.63) is 59.2 Å². The van der Waals surface area contributed by atoms with Gasteiger partial charge < -0.3 is 10.1 Å². The van der Waals surface area contributed by atoms with E-state index in [0.29, 0.717) is 18.9 Å². The quantitative estimate of drug-likeness (QED) is 0.697. The molecule has 2 aromatic carbocycles. The molecule has 28 heavy (non-hydrogen) atoms. The summed E-state index contributed by atoms with van der Waals surface area (Å²) in [6, 6.07) is 12.6. The molecule has 0 unspecified atom stereocenters. The monoisotopic (exact) mass is 404 g/mol. The van der Waals surface area contributed by atoms with Gasteiger partial charge in [-0.25, -0.2) is 8.42 Å². The molecular formula is C21H28N2O4S. The Hall–Kier alpha value is -2.38. The molecule has 152 valence electrons. The largest absolute Gasteiger partial charge is 0.494 e.